The molecule has 0 unspecified atom stereocenters. The number of nitrogens with zero attached hydrogens (tertiary/aromatic N) is 3. The van der Waals surface area contributed by atoms with Crippen molar-refractivity contribution in [3.05, 3.63) is 54.1 Å². The lowest BCUT2D eigenvalue weighted by Gasteiger charge is -2.33. The van der Waals surface area contributed by atoms with Crippen LogP contribution < -0.4 is 4.90 Å². The fourth-order valence-electron chi connectivity index (χ4n) is 5.90. The minimum Gasteiger partial charge on any atom is -0.462 e. The molecule has 5 atom stereocenters. The summed E-state index contributed by atoms with van der Waals surface area (Å²) in [5.41, 5.74) is 1.68. The van der Waals surface area contributed by atoms with E-state index in [1.807, 2.05) is 63.2 Å². The van der Waals surface area contributed by atoms with Crippen molar-refractivity contribution < 1.29 is 32.5 Å². The monoisotopic (exact) mass is 645 g/mol. The zero-order valence-corrected chi connectivity index (χ0v) is 27.4. The molecule has 2 saturated heterocycles. The van der Waals surface area contributed by atoms with Crippen LogP contribution >= 0.6 is 11.3 Å². The number of carbonyl (C=O) groups excluding carboxylic acids is 1. The van der Waals surface area contributed by atoms with E-state index in [1.165, 1.54) is 15.6 Å². The molecule has 0 saturated carbocycles. The Morgan fingerprint density at radius 3 is 2.52 bits per heavy atom. The lowest BCUT2D eigenvalue weighted by Crippen LogP contribution is -2.43. The van der Waals surface area contributed by atoms with Gasteiger partial charge in [0.05, 0.1) is 40.9 Å². The smallest absolute Gasteiger partial charge is 0.306 e. The molecule has 3 heterocycles. The molecule has 3 aromatic rings. The van der Waals surface area contributed by atoms with Gasteiger partial charge in [-0.3, -0.25) is 4.79 Å². The van der Waals surface area contributed by atoms with E-state index < -0.39 is 28.0 Å². The van der Waals surface area contributed by atoms with Crippen molar-refractivity contribution in [1.82, 2.24) is 9.29 Å². The van der Waals surface area contributed by atoms with Gasteiger partial charge in [-0.2, -0.15) is 4.31 Å². The third kappa shape index (κ3) is 7.78. The Labute approximate surface area is 264 Å². The van der Waals surface area contributed by atoms with Crippen molar-refractivity contribution in [2.45, 2.75) is 62.9 Å². The predicted molar refractivity (Wildman–Crippen MR) is 170 cm³/mol. The average molecular weight is 646 g/mol. The van der Waals surface area contributed by atoms with Gasteiger partial charge in [0.1, 0.15) is 6.10 Å². The zero-order chi connectivity index (χ0) is 31.4. The maximum absolute atomic E-state index is 14.0. The van der Waals surface area contributed by atoms with Crippen molar-refractivity contribution in [1.29, 1.82) is 0 Å². The number of ether oxygens (including phenoxy) is 3. The standard InChI is InChI=1S/C32H43N3O7S2/c1-21(2)19-35(44(38,39)24-10-11-26-29(18-24)43-32(33-26)34(3)4)20-27(36)23(16-22-8-6-5-7-9-22)17-30(37)42-28-13-15-41-31-25(28)12-14-40-31/h5-11,18,21,23,25,27-28,31,36H,12-17,19-20H2,1-4H3/t23-,25+,27-,28+,31-/m1/s1. The van der Waals surface area contributed by atoms with Crippen LogP contribution in [-0.4, -0.2) is 87.7 Å². The molecule has 0 spiro atoms. The molecule has 12 heteroatoms. The molecule has 240 valence electrons. The molecule has 2 aromatic carbocycles. The predicted octanol–water partition coefficient (Wildman–Crippen LogP) is 4.31. The number of aliphatic hydroxyl groups is 1. The number of thiazole rings is 1. The number of hydrogen-bond acceptors (Lipinski definition) is 10. The highest BCUT2D eigenvalue weighted by molar-refractivity contribution is 7.89. The maximum atomic E-state index is 14.0. The minimum absolute atomic E-state index is 0.00145. The van der Waals surface area contributed by atoms with E-state index >= 15 is 0 Å². The van der Waals surface area contributed by atoms with E-state index in [1.54, 1.807) is 18.2 Å². The Balaban J connectivity index is 1.36. The average Bonchev–Trinajstić information content (AvgIpc) is 3.64. The first kappa shape index (κ1) is 32.8. The van der Waals surface area contributed by atoms with E-state index in [-0.39, 0.29) is 48.6 Å². The summed E-state index contributed by atoms with van der Waals surface area (Å²) in [6.07, 6.45) is -0.0305. The summed E-state index contributed by atoms with van der Waals surface area (Å²) < 4.78 is 47.4. The fourth-order valence-corrected chi connectivity index (χ4v) is 8.55. The van der Waals surface area contributed by atoms with E-state index in [4.69, 9.17) is 14.2 Å². The van der Waals surface area contributed by atoms with Gasteiger partial charge < -0.3 is 24.2 Å². The molecule has 5 rings (SSSR count). The molecule has 10 nitrogen and oxygen atoms in total. The number of sulfonamides is 1. The number of benzene rings is 2. The van der Waals surface area contributed by atoms with E-state index in [9.17, 15) is 18.3 Å². The van der Waals surface area contributed by atoms with Crippen LogP contribution in [0.15, 0.2) is 53.4 Å². The van der Waals surface area contributed by atoms with Gasteiger partial charge in [0.2, 0.25) is 10.0 Å². The SMILES string of the molecule is CC(C)CN(C[C@@H](O)[C@@H](CC(=O)O[C@H]1CCO[C@H]2OCC[C@H]21)Cc1ccccc1)S(=O)(=O)c1ccc2nc(N(C)C)sc2c1. The third-order valence-electron chi connectivity index (χ3n) is 8.17. The molecule has 2 fully saturated rings. The Bertz CT molecular complexity index is 1510. The Kier molecular flexibility index (Phi) is 10.6. The van der Waals surface area contributed by atoms with Crippen LogP contribution in [0.25, 0.3) is 10.2 Å². The van der Waals surface area contributed by atoms with Crippen LogP contribution in [0, 0.1) is 17.8 Å². The third-order valence-corrected chi connectivity index (χ3v) is 11.2. The molecule has 1 N–H and O–H groups in total. The van der Waals surface area contributed by atoms with Crippen molar-refractivity contribution in [3.63, 3.8) is 0 Å². The molecule has 0 amide bonds. The summed E-state index contributed by atoms with van der Waals surface area (Å²) in [7, 11) is -0.176. The summed E-state index contributed by atoms with van der Waals surface area (Å²) in [6.45, 7) is 4.99. The Morgan fingerprint density at radius 1 is 1.09 bits per heavy atom. The summed E-state index contributed by atoms with van der Waals surface area (Å²) in [5, 5.41) is 12.4. The highest BCUT2D eigenvalue weighted by Gasteiger charge is 2.41. The molecule has 0 radical (unpaired) electrons. The number of esters is 1. The summed E-state index contributed by atoms with van der Waals surface area (Å²) in [5.74, 6) is -0.955. The first-order chi connectivity index (χ1) is 21.0. The molecular formula is C32H43N3O7S2. The van der Waals surface area contributed by atoms with Crippen LogP contribution in [0.3, 0.4) is 0 Å². The van der Waals surface area contributed by atoms with E-state index in [0.717, 1.165) is 27.3 Å². The number of rotatable bonds is 13. The highest BCUT2D eigenvalue weighted by Crippen LogP contribution is 2.34. The van der Waals surface area contributed by atoms with Gasteiger partial charge >= 0.3 is 5.97 Å². The molecular weight excluding hydrogens is 603 g/mol. The van der Waals surface area contributed by atoms with Crippen LogP contribution in [0.4, 0.5) is 5.13 Å². The van der Waals surface area contributed by atoms with Gasteiger partial charge in [0.15, 0.2) is 11.4 Å². The van der Waals surface area contributed by atoms with Crippen molar-refractivity contribution in [2.24, 2.45) is 17.8 Å². The molecule has 2 aliphatic rings. The molecule has 2 aliphatic heterocycles. The first-order valence-electron chi connectivity index (χ1n) is 15.2. The van der Waals surface area contributed by atoms with Gasteiger partial charge in [-0.25, -0.2) is 13.4 Å². The van der Waals surface area contributed by atoms with Gasteiger partial charge in [-0.15, -0.1) is 0 Å². The number of aromatic nitrogens is 1. The number of hydrogen-bond donors (Lipinski definition) is 1. The molecule has 0 aliphatic carbocycles. The lowest BCUT2D eigenvalue weighted by atomic mass is 9.90. The van der Waals surface area contributed by atoms with Crippen LogP contribution in [0.2, 0.25) is 0 Å². The minimum atomic E-state index is -3.97. The number of fused-ring (bicyclic) bond motifs is 2. The lowest BCUT2D eigenvalue weighted by molar-refractivity contribution is -0.195. The van der Waals surface area contributed by atoms with E-state index in [0.29, 0.717) is 26.1 Å². The second-order valence-electron chi connectivity index (χ2n) is 12.3. The summed E-state index contributed by atoms with van der Waals surface area (Å²) >= 11 is 1.42. The molecule has 0 bridgehead atoms. The van der Waals surface area contributed by atoms with Crippen molar-refractivity contribution in [2.75, 3.05) is 45.3 Å². The maximum Gasteiger partial charge on any atom is 0.306 e. The van der Waals surface area contributed by atoms with Crippen LogP contribution in [0.1, 0.15) is 38.7 Å². The van der Waals surface area contributed by atoms with Crippen molar-refractivity contribution in [3.8, 4) is 0 Å². The zero-order valence-electron chi connectivity index (χ0n) is 25.8. The summed E-state index contributed by atoms with van der Waals surface area (Å²) in [6, 6.07) is 14.6. The van der Waals surface area contributed by atoms with Gasteiger partial charge in [-0.1, -0.05) is 55.5 Å². The second-order valence-corrected chi connectivity index (χ2v) is 15.3. The van der Waals surface area contributed by atoms with Gasteiger partial charge in [-0.05, 0) is 42.5 Å². The molecule has 44 heavy (non-hydrogen) atoms. The first-order valence-corrected chi connectivity index (χ1v) is 17.5. The van der Waals surface area contributed by atoms with Crippen LogP contribution in [-0.2, 0) is 35.4 Å². The Hall–Kier alpha value is -2.61. The Morgan fingerprint density at radius 2 is 1.82 bits per heavy atom. The second kappa shape index (κ2) is 14.2. The fraction of sp³-hybridized carbons (Fsp3) is 0.562. The number of anilines is 1. The van der Waals surface area contributed by atoms with Gasteiger partial charge in [0.25, 0.3) is 0 Å². The van der Waals surface area contributed by atoms with Gasteiger partial charge in [0, 0.05) is 45.4 Å². The number of aliphatic hydroxyl groups excluding tert-OH is 1. The van der Waals surface area contributed by atoms with E-state index in [2.05, 4.69) is 4.98 Å². The van der Waals surface area contributed by atoms with Crippen LogP contribution in [0.5, 0.6) is 0 Å². The number of carbonyl (C=O) groups is 1. The molecule has 1 aromatic heterocycles. The topological polar surface area (TPSA) is 118 Å². The summed E-state index contributed by atoms with van der Waals surface area (Å²) in [4.78, 5) is 19.9. The largest absolute Gasteiger partial charge is 0.462 e. The van der Waals surface area contributed by atoms with Crippen molar-refractivity contribution >= 4 is 42.7 Å². The quantitative estimate of drug-likeness (QED) is 0.271. The normalized spacial score (nSPS) is 21.8. The highest BCUT2D eigenvalue weighted by atomic mass is 32.2.